The van der Waals surface area contributed by atoms with E-state index in [-0.39, 0.29) is 12.6 Å². The number of hydrogen-bond acceptors (Lipinski definition) is 3. The van der Waals surface area contributed by atoms with Gasteiger partial charge < -0.3 is 15.5 Å². The molecule has 0 saturated carbocycles. The molecule has 88 valence electrons. The molecule has 1 heterocycles. The molecule has 2 rings (SSSR count). The van der Waals surface area contributed by atoms with Gasteiger partial charge in [-0.1, -0.05) is 12.1 Å². The number of nitrogens with one attached hydrogen (secondary N) is 1. The highest BCUT2D eigenvalue weighted by Crippen LogP contribution is 2.27. The van der Waals surface area contributed by atoms with Crippen LogP contribution in [-0.2, 0) is 6.42 Å². The summed E-state index contributed by atoms with van der Waals surface area (Å²) in [5.41, 5.74) is 7.91. The summed E-state index contributed by atoms with van der Waals surface area (Å²) >= 11 is 0. The van der Waals surface area contributed by atoms with Crippen LogP contribution in [0, 0.1) is 11.3 Å². The number of aromatic nitrogens is 1. The molecule has 1 aromatic heterocycles. The number of nitrogens with zero attached hydrogens (tertiary/aromatic N) is 1. The van der Waals surface area contributed by atoms with Crippen LogP contribution in [0.1, 0.15) is 12.5 Å². The molecule has 4 nitrogen and oxygen atoms in total. The van der Waals surface area contributed by atoms with Crippen LogP contribution in [0.4, 0.5) is 0 Å². The van der Waals surface area contributed by atoms with E-state index in [2.05, 4.69) is 4.98 Å². The predicted octanol–water partition coefficient (Wildman–Crippen LogP) is 1.96. The SMILES string of the molecule is C[C@@H](N)Cc1c[nH]c2c(OCC#N)cccc12. The molecule has 0 saturated heterocycles. The van der Waals surface area contributed by atoms with Gasteiger partial charge in [-0.25, -0.2) is 0 Å². The molecular weight excluding hydrogens is 214 g/mol. The number of nitrogens with two attached hydrogens (primary N) is 1. The average molecular weight is 229 g/mol. The zero-order valence-corrected chi connectivity index (χ0v) is 9.73. The van der Waals surface area contributed by atoms with Crippen molar-refractivity contribution in [2.24, 2.45) is 5.73 Å². The highest BCUT2D eigenvalue weighted by Gasteiger charge is 2.09. The molecule has 1 aromatic carbocycles. The second-order valence-electron chi connectivity index (χ2n) is 4.12. The van der Waals surface area contributed by atoms with E-state index >= 15 is 0 Å². The minimum atomic E-state index is 0.0563. The van der Waals surface area contributed by atoms with E-state index in [1.54, 1.807) is 0 Å². The van der Waals surface area contributed by atoms with Gasteiger partial charge in [-0.3, -0.25) is 0 Å². The van der Waals surface area contributed by atoms with Gasteiger partial charge in [0.2, 0.25) is 0 Å². The predicted molar refractivity (Wildman–Crippen MR) is 66.8 cm³/mol. The van der Waals surface area contributed by atoms with E-state index in [1.165, 1.54) is 5.56 Å². The van der Waals surface area contributed by atoms with Gasteiger partial charge in [0.1, 0.15) is 11.8 Å². The first-order valence-corrected chi connectivity index (χ1v) is 5.56. The number of H-pyrrole nitrogens is 1. The molecule has 17 heavy (non-hydrogen) atoms. The maximum absolute atomic E-state index is 8.52. The molecule has 0 aliphatic carbocycles. The fraction of sp³-hybridized carbons (Fsp3) is 0.308. The minimum Gasteiger partial charge on any atom is -0.477 e. The lowest BCUT2D eigenvalue weighted by Gasteiger charge is -2.05. The van der Waals surface area contributed by atoms with Gasteiger partial charge in [0, 0.05) is 17.6 Å². The molecule has 4 heteroatoms. The molecule has 2 aromatic rings. The van der Waals surface area contributed by atoms with Crippen LogP contribution in [0.3, 0.4) is 0 Å². The third kappa shape index (κ3) is 2.40. The van der Waals surface area contributed by atoms with Crippen LogP contribution >= 0.6 is 0 Å². The Bertz CT molecular complexity index is 551. The lowest BCUT2D eigenvalue weighted by Crippen LogP contribution is -2.17. The first-order chi connectivity index (χ1) is 8.22. The summed E-state index contributed by atoms with van der Waals surface area (Å²) in [7, 11) is 0. The Morgan fingerprint density at radius 1 is 1.53 bits per heavy atom. The van der Waals surface area contributed by atoms with Crippen molar-refractivity contribution in [1.82, 2.24) is 4.98 Å². The number of fused-ring (bicyclic) bond motifs is 1. The molecule has 0 radical (unpaired) electrons. The largest absolute Gasteiger partial charge is 0.477 e. The van der Waals surface area contributed by atoms with Crippen LogP contribution in [0.2, 0.25) is 0 Å². The number of rotatable bonds is 4. The smallest absolute Gasteiger partial charge is 0.174 e. The third-order valence-electron chi connectivity index (χ3n) is 2.60. The Morgan fingerprint density at radius 2 is 2.35 bits per heavy atom. The van der Waals surface area contributed by atoms with Gasteiger partial charge in [-0.05, 0) is 25.0 Å². The van der Waals surface area contributed by atoms with Crippen LogP contribution in [0.15, 0.2) is 24.4 Å². The van der Waals surface area contributed by atoms with Crippen molar-refractivity contribution in [2.75, 3.05) is 6.61 Å². The van der Waals surface area contributed by atoms with Gasteiger partial charge >= 0.3 is 0 Å². The van der Waals surface area contributed by atoms with E-state index in [0.717, 1.165) is 17.3 Å². The Labute approximate surface area is 100.0 Å². The quantitative estimate of drug-likeness (QED) is 0.841. The topological polar surface area (TPSA) is 74.8 Å². The molecular formula is C13H15N3O. The molecule has 0 aliphatic rings. The summed E-state index contributed by atoms with van der Waals surface area (Å²) in [5.74, 6) is 0.708. The van der Waals surface area contributed by atoms with Crippen LogP contribution < -0.4 is 10.5 Å². The van der Waals surface area contributed by atoms with Crippen molar-refractivity contribution >= 4 is 10.9 Å². The lowest BCUT2D eigenvalue weighted by atomic mass is 10.1. The Morgan fingerprint density at radius 3 is 3.06 bits per heavy atom. The fourth-order valence-corrected chi connectivity index (χ4v) is 1.93. The van der Waals surface area contributed by atoms with Gasteiger partial charge in [0.15, 0.2) is 6.61 Å². The van der Waals surface area contributed by atoms with E-state index in [9.17, 15) is 0 Å². The number of ether oxygens (including phenoxy) is 1. The first-order valence-electron chi connectivity index (χ1n) is 5.56. The number of aromatic amines is 1. The Balaban J connectivity index is 2.39. The van der Waals surface area contributed by atoms with Gasteiger partial charge in [-0.15, -0.1) is 0 Å². The van der Waals surface area contributed by atoms with Crippen molar-refractivity contribution in [1.29, 1.82) is 5.26 Å². The summed E-state index contributed by atoms with van der Waals surface area (Å²) in [5, 5.41) is 9.63. The molecule has 0 fully saturated rings. The van der Waals surface area contributed by atoms with E-state index in [1.807, 2.05) is 37.4 Å². The highest BCUT2D eigenvalue weighted by atomic mass is 16.5. The van der Waals surface area contributed by atoms with Crippen LogP contribution in [-0.4, -0.2) is 17.6 Å². The number of para-hydroxylation sites is 1. The highest BCUT2D eigenvalue weighted by molar-refractivity contribution is 5.88. The maximum Gasteiger partial charge on any atom is 0.174 e. The number of benzene rings is 1. The molecule has 0 amide bonds. The maximum atomic E-state index is 8.52. The summed E-state index contributed by atoms with van der Waals surface area (Å²) in [6.45, 7) is 2.04. The third-order valence-corrected chi connectivity index (χ3v) is 2.60. The standard InChI is InChI=1S/C13H15N3O/c1-9(15)7-10-8-16-13-11(10)3-2-4-12(13)17-6-5-14/h2-4,8-9,16H,6-7,15H2,1H3/t9-/m1/s1. The zero-order valence-electron chi connectivity index (χ0n) is 9.73. The summed E-state index contributed by atoms with van der Waals surface area (Å²) in [4.78, 5) is 3.18. The molecule has 0 bridgehead atoms. The molecule has 3 N–H and O–H groups in total. The fourth-order valence-electron chi connectivity index (χ4n) is 1.93. The number of nitriles is 1. The van der Waals surface area contributed by atoms with E-state index < -0.39 is 0 Å². The van der Waals surface area contributed by atoms with Gasteiger partial charge in [0.05, 0.1) is 5.52 Å². The molecule has 0 aliphatic heterocycles. The monoisotopic (exact) mass is 229 g/mol. The van der Waals surface area contributed by atoms with E-state index in [0.29, 0.717) is 5.75 Å². The second kappa shape index (κ2) is 4.89. The lowest BCUT2D eigenvalue weighted by molar-refractivity contribution is 0.372. The molecule has 1 atom stereocenters. The van der Waals surface area contributed by atoms with Crippen molar-refractivity contribution in [3.63, 3.8) is 0 Å². The Hall–Kier alpha value is -1.99. The first kappa shape index (κ1) is 11.5. The summed E-state index contributed by atoms with van der Waals surface area (Å²) < 4.78 is 5.36. The van der Waals surface area contributed by atoms with Crippen molar-refractivity contribution in [3.8, 4) is 11.8 Å². The van der Waals surface area contributed by atoms with Crippen LogP contribution in [0.25, 0.3) is 10.9 Å². The van der Waals surface area contributed by atoms with Crippen molar-refractivity contribution < 1.29 is 4.74 Å². The van der Waals surface area contributed by atoms with Crippen molar-refractivity contribution in [2.45, 2.75) is 19.4 Å². The normalized spacial score (nSPS) is 12.3. The summed E-state index contributed by atoms with van der Waals surface area (Å²) in [6.07, 6.45) is 2.77. The minimum absolute atomic E-state index is 0.0563. The van der Waals surface area contributed by atoms with Crippen molar-refractivity contribution in [3.05, 3.63) is 30.0 Å². The second-order valence-corrected chi connectivity index (χ2v) is 4.12. The summed E-state index contributed by atoms with van der Waals surface area (Å²) in [6, 6.07) is 7.89. The molecule has 0 unspecified atom stereocenters. The molecule has 0 spiro atoms. The van der Waals surface area contributed by atoms with Gasteiger partial charge in [0.25, 0.3) is 0 Å². The number of hydrogen-bond donors (Lipinski definition) is 2. The Kier molecular flexibility index (Phi) is 3.31. The zero-order chi connectivity index (χ0) is 12.3. The average Bonchev–Trinajstić information content (AvgIpc) is 2.70. The van der Waals surface area contributed by atoms with Crippen LogP contribution in [0.5, 0.6) is 5.75 Å². The van der Waals surface area contributed by atoms with E-state index in [4.69, 9.17) is 15.7 Å². The van der Waals surface area contributed by atoms with Gasteiger partial charge in [-0.2, -0.15) is 5.26 Å².